The number of carbonyl (C=O) groups is 1. The van der Waals surface area contributed by atoms with Crippen LogP contribution < -0.4 is 19.7 Å². The smallest absolute Gasteiger partial charge is 0.241 e. The maximum absolute atomic E-state index is 12.4. The number of amides is 1. The number of hydrogen-bond acceptors (Lipinski definition) is 6. The third-order valence-corrected chi connectivity index (χ3v) is 6.91. The Hall–Kier alpha value is -3.59. The molecule has 9 heteroatoms. The molecule has 184 valence electrons. The van der Waals surface area contributed by atoms with Crippen LogP contribution >= 0.6 is 0 Å². The maximum Gasteiger partial charge on any atom is 0.241 e. The highest BCUT2D eigenvalue weighted by molar-refractivity contribution is 7.93. The van der Waals surface area contributed by atoms with Gasteiger partial charge in [-0.2, -0.15) is 0 Å². The zero-order valence-corrected chi connectivity index (χ0v) is 20.3. The summed E-state index contributed by atoms with van der Waals surface area (Å²) in [5.41, 5.74) is 3.33. The van der Waals surface area contributed by atoms with E-state index in [0.717, 1.165) is 29.9 Å². The largest absolute Gasteiger partial charge is 0.489 e. The lowest BCUT2D eigenvalue weighted by molar-refractivity contribution is -0.118. The lowest BCUT2D eigenvalue weighted by atomic mass is 10.1. The maximum atomic E-state index is 12.4. The number of carbonyl (C=O) groups excluding carboxylic acids is 1. The molecule has 0 unspecified atom stereocenters. The van der Waals surface area contributed by atoms with Gasteiger partial charge in [0, 0.05) is 49.0 Å². The van der Waals surface area contributed by atoms with Crippen LogP contribution in [0.4, 0.5) is 11.4 Å². The van der Waals surface area contributed by atoms with Crippen LogP contribution in [0, 0.1) is 0 Å². The molecule has 35 heavy (non-hydrogen) atoms. The second kappa shape index (κ2) is 11.7. The molecule has 1 aliphatic heterocycles. The first-order valence-electron chi connectivity index (χ1n) is 11.7. The number of nitrogens with one attached hydrogen (secondary N) is 2. The van der Waals surface area contributed by atoms with Crippen molar-refractivity contribution in [3.05, 3.63) is 84.2 Å². The number of nitrogens with zero attached hydrogens (tertiary/aromatic N) is 2. The van der Waals surface area contributed by atoms with Crippen molar-refractivity contribution in [3.8, 4) is 5.75 Å². The molecular weight excluding hydrogens is 464 g/mol. The lowest BCUT2D eigenvalue weighted by Gasteiger charge is -2.28. The van der Waals surface area contributed by atoms with Gasteiger partial charge >= 0.3 is 0 Å². The van der Waals surface area contributed by atoms with Gasteiger partial charge in [-0.05, 0) is 67.3 Å². The first-order chi connectivity index (χ1) is 17.0. The fourth-order valence-corrected chi connectivity index (χ4v) is 4.90. The van der Waals surface area contributed by atoms with E-state index >= 15 is 0 Å². The van der Waals surface area contributed by atoms with Crippen LogP contribution in [0.25, 0.3) is 0 Å². The first kappa shape index (κ1) is 24.5. The van der Waals surface area contributed by atoms with Crippen molar-refractivity contribution in [1.82, 2.24) is 10.3 Å². The van der Waals surface area contributed by atoms with Gasteiger partial charge in [0.2, 0.25) is 15.9 Å². The van der Waals surface area contributed by atoms with E-state index in [-0.39, 0.29) is 6.54 Å². The van der Waals surface area contributed by atoms with E-state index < -0.39 is 21.7 Å². The number of pyridine rings is 1. The molecular formula is C26H30N4O4S. The van der Waals surface area contributed by atoms with E-state index in [2.05, 4.69) is 19.9 Å². The van der Waals surface area contributed by atoms with Crippen molar-refractivity contribution in [2.75, 3.05) is 28.5 Å². The minimum absolute atomic E-state index is 0.224. The van der Waals surface area contributed by atoms with Crippen LogP contribution in [0.1, 0.15) is 30.4 Å². The molecule has 2 heterocycles. The fraction of sp³-hybridized carbons (Fsp3) is 0.308. The summed E-state index contributed by atoms with van der Waals surface area (Å²) in [5, 5.41) is 2.66. The molecule has 4 rings (SSSR count). The molecule has 0 bridgehead atoms. The minimum atomic E-state index is -3.82. The lowest BCUT2D eigenvalue weighted by Crippen LogP contribution is -2.32. The summed E-state index contributed by atoms with van der Waals surface area (Å²) in [4.78, 5) is 18.6. The number of piperidine rings is 1. The van der Waals surface area contributed by atoms with Gasteiger partial charge in [0.25, 0.3) is 0 Å². The highest BCUT2D eigenvalue weighted by atomic mass is 32.2. The highest BCUT2D eigenvalue weighted by Crippen LogP contribution is 2.22. The van der Waals surface area contributed by atoms with Gasteiger partial charge < -0.3 is 15.0 Å². The average molecular weight is 495 g/mol. The standard InChI is InChI=1S/C26H30N4O4S/c31-26(28-18-21-6-12-25(13-7-21)34-19-22-5-4-14-27-17-22)20-35(32,33)29-23-8-10-24(11-9-23)30-15-2-1-3-16-30/h4-14,17,29H,1-3,15-16,18-20H2,(H,28,31). The number of rotatable bonds is 10. The van der Waals surface area contributed by atoms with Gasteiger partial charge in [0.05, 0.1) is 0 Å². The molecule has 2 aromatic carbocycles. The number of ether oxygens (including phenoxy) is 1. The predicted octanol–water partition coefficient (Wildman–Crippen LogP) is 3.71. The number of hydrogen-bond donors (Lipinski definition) is 2. The third kappa shape index (κ3) is 7.71. The molecule has 1 aromatic heterocycles. The molecule has 0 atom stereocenters. The molecule has 2 N–H and O–H groups in total. The monoisotopic (exact) mass is 494 g/mol. The Bertz CT molecular complexity index is 1190. The second-order valence-electron chi connectivity index (χ2n) is 8.53. The molecule has 0 radical (unpaired) electrons. The molecule has 0 spiro atoms. The molecule has 1 fully saturated rings. The number of anilines is 2. The van der Waals surface area contributed by atoms with Gasteiger partial charge in [0.15, 0.2) is 0 Å². The molecule has 1 saturated heterocycles. The molecule has 1 amide bonds. The van der Waals surface area contributed by atoms with Crippen LogP contribution in [0.15, 0.2) is 73.1 Å². The Morgan fingerprint density at radius 1 is 0.943 bits per heavy atom. The van der Waals surface area contributed by atoms with Crippen molar-refractivity contribution >= 4 is 27.3 Å². The normalized spacial score (nSPS) is 13.8. The summed E-state index contributed by atoms with van der Waals surface area (Å²) >= 11 is 0. The van der Waals surface area contributed by atoms with Gasteiger partial charge in [0.1, 0.15) is 18.1 Å². The summed E-state index contributed by atoms with van der Waals surface area (Å²) in [7, 11) is -3.82. The van der Waals surface area contributed by atoms with Crippen molar-refractivity contribution in [3.63, 3.8) is 0 Å². The summed E-state index contributed by atoms with van der Waals surface area (Å²) in [6.07, 6.45) is 7.06. The van der Waals surface area contributed by atoms with Crippen LogP contribution in [0.2, 0.25) is 0 Å². The minimum Gasteiger partial charge on any atom is -0.489 e. The topological polar surface area (TPSA) is 101 Å². The van der Waals surface area contributed by atoms with E-state index in [1.807, 2.05) is 48.5 Å². The SMILES string of the molecule is O=C(CS(=O)(=O)Nc1ccc(N2CCCCC2)cc1)NCc1ccc(OCc2cccnc2)cc1. The molecule has 3 aromatic rings. The highest BCUT2D eigenvalue weighted by Gasteiger charge is 2.17. The van der Waals surface area contributed by atoms with E-state index in [1.165, 1.54) is 19.3 Å². The van der Waals surface area contributed by atoms with Crippen LogP contribution in [0.5, 0.6) is 5.75 Å². The summed E-state index contributed by atoms with van der Waals surface area (Å²) < 4.78 is 33.1. The van der Waals surface area contributed by atoms with Gasteiger partial charge in [-0.3, -0.25) is 14.5 Å². The molecule has 0 aliphatic carbocycles. The van der Waals surface area contributed by atoms with E-state index in [1.54, 1.807) is 24.5 Å². The number of aromatic nitrogens is 1. The molecule has 1 aliphatic rings. The van der Waals surface area contributed by atoms with Crippen LogP contribution in [0.3, 0.4) is 0 Å². The third-order valence-electron chi connectivity index (χ3n) is 5.72. The Labute approximate surface area is 206 Å². The summed E-state index contributed by atoms with van der Waals surface area (Å²) in [5.74, 6) is -0.519. The van der Waals surface area contributed by atoms with Gasteiger partial charge in [-0.15, -0.1) is 0 Å². The van der Waals surface area contributed by atoms with Crippen molar-refractivity contribution in [1.29, 1.82) is 0 Å². The van der Waals surface area contributed by atoms with E-state index in [9.17, 15) is 13.2 Å². The Kier molecular flexibility index (Phi) is 8.20. The first-order valence-corrected chi connectivity index (χ1v) is 13.3. The molecule has 0 saturated carbocycles. The second-order valence-corrected chi connectivity index (χ2v) is 10.2. The summed E-state index contributed by atoms with van der Waals surface area (Å²) in [6.45, 7) is 2.68. The van der Waals surface area contributed by atoms with Gasteiger partial charge in [-0.25, -0.2) is 8.42 Å². The van der Waals surface area contributed by atoms with Crippen molar-refractivity contribution < 1.29 is 17.9 Å². The Morgan fingerprint density at radius 2 is 1.69 bits per heavy atom. The van der Waals surface area contributed by atoms with Crippen LogP contribution in [-0.4, -0.2) is 38.2 Å². The molecule has 8 nitrogen and oxygen atoms in total. The predicted molar refractivity (Wildman–Crippen MR) is 137 cm³/mol. The van der Waals surface area contributed by atoms with E-state index in [0.29, 0.717) is 18.0 Å². The average Bonchev–Trinajstić information content (AvgIpc) is 2.88. The zero-order valence-electron chi connectivity index (χ0n) is 19.5. The Morgan fingerprint density at radius 3 is 2.37 bits per heavy atom. The summed E-state index contributed by atoms with van der Waals surface area (Å²) in [6, 6.07) is 18.4. The fourth-order valence-electron chi connectivity index (χ4n) is 3.89. The van der Waals surface area contributed by atoms with E-state index in [4.69, 9.17) is 4.74 Å². The van der Waals surface area contributed by atoms with Crippen molar-refractivity contribution in [2.45, 2.75) is 32.4 Å². The zero-order chi connectivity index (χ0) is 24.5. The number of benzene rings is 2. The van der Waals surface area contributed by atoms with Crippen molar-refractivity contribution in [2.24, 2.45) is 0 Å². The quantitative estimate of drug-likeness (QED) is 0.446. The Balaban J connectivity index is 1.21. The van der Waals surface area contributed by atoms with Crippen LogP contribution in [-0.2, 0) is 28.0 Å². The number of sulfonamides is 1. The van der Waals surface area contributed by atoms with Gasteiger partial charge in [-0.1, -0.05) is 18.2 Å².